The fourth-order valence-corrected chi connectivity index (χ4v) is 1.78. The zero-order chi connectivity index (χ0) is 13.5. The van der Waals surface area contributed by atoms with Gasteiger partial charge in [0.2, 0.25) is 5.91 Å². The minimum atomic E-state index is -0.0782. The first kappa shape index (κ1) is 14.3. The van der Waals surface area contributed by atoms with Gasteiger partial charge in [-0.05, 0) is 52.0 Å². The van der Waals surface area contributed by atoms with Crippen LogP contribution in [0.25, 0.3) is 0 Å². The summed E-state index contributed by atoms with van der Waals surface area (Å²) in [5, 5.41) is 2.84. The van der Waals surface area contributed by atoms with Crippen molar-refractivity contribution in [3.05, 3.63) is 35.9 Å². The van der Waals surface area contributed by atoms with Crippen molar-refractivity contribution in [2.24, 2.45) is 0 Å². The molecule has 18 heavy (non-hydrogen) atoms. The van der Waals surface area contributed by atoms with Gasteiger partial charge in [-0.1, -0.05) is 5.57 Å². The summed E-state index contributed by atoms with van der Waals surface area (Å²) in [6.45, 7) is 10.0. The van der Waals surface area contributed by atoms with Gasteiger partial charge in [-0.15, -0.1) is 0 Å². The third kappa shape index (κ3) is 4.24. The lowest BCUT2D eigenvalue weighted by Crippen LogP contribution is -2.21. The Bertz CT molecular complexity index is 413. The van der Waals surface area contributed by atoms with Crippen molar-refractivity contribution < 1.29 is 4.79 Å². The van der Waals surface area contributed by atoms with Gasteiger partial charge in [0.15, 0.2) is 0 Å². The second-order valence-corrected chi connectivity index (χ2v) is 4.43. The number of anilines is 2. The van der Waals surface area contributed by atoms with Crippen LogP contribution in [0.1, 0.15) is 27.7 Å². The Labute approximate surface area is 109 Å². The Kier molecular flexibility index (Phi) is 5.43. The molecule has 0 spiro atoms. The van der Waals surface area contributed by atoms with E-state index in [4.69, 9.17) is 0 Å². The molecule has 0 atom stereocenters. The molecular weight excluding hydrogens is 224 g/mol. The fraction of sp³-hybridized carbons (Fsp3) is 0.400. The van der Waals surface area contributed by atoms with Crippen molar-refractivity contribution >= 4 is 17.3 Å². The van der Waals surface area contributed by atoms with Crippen molar-refractivity contribution in [3.63, 3.8) is 0 Å². The van der Waals surface area contributed by atoms with Crippen molar-refractivity contribution in [3.8, 4) is 0 Å². The van der Waals surface area contributed by atoms with Crippen molar-refractivity contribution in [2.45, 2.75) is 27.7 Å². The minimum Gasteiger partial charge on any atom is -0.372 e. The predicted octanol–water partition coefficient (Wildman–Crippen LogP) is 3.44. The number of benzene rings is 1. The van der Waals surface area contributed by atoms with Crippen LogP contribution in [0, 0.1) is 0 Å². The van der Waals surface area contributed by atoms with E-state index in [-0.39, 0.29) is 5.91 Å². The van der Waals surface area contributed by atoms with E-state index in [1.165, 1.54) is 5.69 Å². The Morgan fingerprint density at radius 2 is 1.72 bits per heavy atom. The second kappa shape index (κ2) is 6.84. The van der Waals surface area contributed by atoms with Gasteiger partial charge in [0.05, 0.1) is 0 Å². The summed E-state index contributed by atoms with van der Waals surface area (Å²) in [6.07, 6.45) is 1.60. The SMILES string of the molecule is CCN(CC)c1ccc(NC(=O)C=C(C)C)cc1. The first-order valence-corrected chi connectivity index (χ1v) is 6.37. The summed E-state index contributed by atoms with van der Waals surface area (Å²) in [5.41, 5.74) is 3.00. The molecule has 0 fully saturated rings. The summed E-state index contributed by atoms with van der Waals surface area (Å²) >= 11 is 0. The molecule has 98 valence electrons. The maximum atomic E-state index is 11.6. The lowest BCUT2D eigenvalue weighted by atomic mass is 10.2. The lowest BCUT2D eigenvalue weighted by molar-refractivity contribution is -0.111. The number of carbonyl (C=O) groups is 1. The van der Waals surface area contributed by atoms with Crippen LogP contribution in [0.4, 0.5) is 11.4 Å². The smallest absolute Gasteiger partial charge is 0.248 e. The van der Waals surface area contributed by atoms with E-state index < -0.39 is 0 Å². The van der Waals surface area contributed by atoms with E-state index >= 15 is 0 Å². The molecule has 0 radical (unpaired) electrons. The number of hydrogen-bond donors (Lipinski definition) is 1. The molecule has 1 amide bonds. The normalized spacial score (nSPS) is 9.78. The van der Waals surface area contributed by atoms with Gasteiger partial charge in [0, 0.05) is 30.5 Å². The van der Waals surface area contributed by atoms with Gasteiger partial charge in [-0.25, -0.2) is 0 Å². The van der Waals surface area contributed by atoms with Gasteiger partial charge in [0.1, 0.15) is 0 Å². The molecule has 1 aromatic carbocycles. The molecule has 0 unspecified atom stereocenters. The molecule has 3 nitrogen and oxygen atoms in total. The molecule has 3 heteroatoms. The number of rotatable bonds is 5. The Morgan fingerprint density at radius 1 is 1.17 bits per heavy atom. The fourth-order valence-electron chi connectivity index (χ4n) is 1.78. The van der Waals surface area contributed by atoms with Gasteiger partial charge in [-0.3, -0.25) is 4.79 Å². The van der Waals surface area contributed by atoms with E-state index in [9.17, 15) is 4.79 Å². The van der Waals surface area contributed by atoms with Crippen LogP contribution in [0.15, 0.2) is 35.9 Å². The third-order valence-electron chi connectivity index (χ3n) is 2.68. The monoisotopic (exact) mass is 246 g/mol. The van der Waals surface area contributed by atoms with Crippen LogP contribution in [0.5, 0.6) is 0 Å². The van der Waals surface area contributed by atoms with E-state index in [0.717, 1.165) is 24.4 Å². The molecule has 0 aliphatic carbocycles. The number of nitrogens with one attached hydrogen (secondary N) is 1. The quantitative estimate of drug-likeness (QED) is 0.807. The molecule has 0 heterocycles. The zero-order valence-corrected chi connectivity index (χ0v) is 11.7. The van der Waals surface area contributed by atoms with E-state index in [0.29, 0.717) is 0 Å². The highest BCUT2D eigenvalue weighted by Gasteiger charge is 2.02. The molecule has 1 aromatic rings. The van der Waals surface area contributed by atoms with Crippen LogP contribution < -0.4 is 10.2 Å². The van der Waals surface area contributed by atoms with Crippen LogP contribution >= 0.6 is 0 Å². The minimum absolute atomic E-state index is 0.0782. The average molecular weight is 246 g/mol. The van der Waals surface area contributed by atoms with Gasteiger partial charge < -0.3 is 10.2 Å². The summed E-state index contributed by atoms with van der Waals surface area (Å²) in [5.74, 6) is -0.0782. The van der Waals surface area contributed by atoms with Gasteiger partial charge >= 0.3 is 0 Å². The van der Waals surface area contributed by atoms with Crippen LogP contribution in [-0.2, 0) is 4.79 Å². The highest BCUT2D eigenvalue weighted by molar-refractivity contribution is 5.99. The lowest BCUT2D eigenvalue weighted by Gasteiger charge is -2.21. The molecule has 1 rings (SSSR count). The second-order valence-electron chi connectivity index (χ2n) is 4.43. The molecular formula is C15H22N2O. The molecule has 0 saturated heterocycles. The standard InChI is InChI=1S/C15H22N2O/c1-5-17(6-2)14-9-7-13(8-10-14)16-15(18)11-12(3)4/h7-11H,5-6H2,1-4H3,(H,16,18). The highest BCUT2D eigenvalue weighted by Crippen LogP contribution is 2.17. The van der Waals surface area contributed by atoms with Crippen LogP contribution in [-0.4, -0.2) is 19.0 Å². The van der Waals surface area contributed by atoms with E-state index in [1.807, 2.05) is 38.1 Å². The Morgan fingerprint density at radius 3 is 2.17 bits per heavy atom. The number of hydrogen-bond acceptors (Lipinski definition) is 2. The first-order chi connectivity index (χ1) is 8.56. The third-order valence-corrected chi connectivity index (χ3v) is 2.68. The molecule has 1 N–H and O–H groups in total. The Hall–Kier alpha value is -1.77. The van der Waals surface area contributed by atoms with Crippen molar-refractivity contribution in [2.75, 3.05) is 23.3 Å². The van der Waals surface area contributed by atoms with Crippen molar-refractivity contribution in [1.82, 2.24) is 0 Å². The van der Waals surface area contributed by atoms with E-state index in [2.05, 4.69) is 24.1 Å². The first-order valence-electron chi connectivity index (χ1n) is 6.37. The maximum Gasteiger partial charge on any atom is 0.248 e. The van der Waals surface area contributed by atoms with Crippen LogP contribution in [0.2, 0.25) is 0 Å². The van der Waals surface area contributed by atoms with Crippen LogP contribution in [0.3, 0.4) is 0 Å². The molecule has 0 bridgehead atoms. The van der Waals surface area contributed by atoms with Gasteiger partial charge in [0.25, 0.3) is 0 Å². The molecule has 0 aliphatic rings. The summed E-state index contributed by atoms with van der Waals surface area (Å²) in [7, 11) is 0. The van der Waals surface area contributed by atoms with Gasteiger partial charge in [-0.2, -0.15) is 0 Å². The summed E-state index contributed by atoms with van der Waals surface area (Å²) < 4.78 is 0. The van der Waals surface area contributed by atoms with Crippen molar-refractivity contribution in [1.29, 1.82) is 0 Å². The number of allylic oxidation sites excluding steroid dienone is 1. The van der Waals surface area contributed by atoms with E-state index in [1.54, 1.807) is 6.08 Å². The average Bonchev–Trinajstić information content (AvgIpc) is 2.31. The molecule has 0 aliphatic heterocycles. The molecule has 0 aromatic heterocycles. The highest BCUT2D eigenvalue weighted by atomic mass is 16.1. The number of carbonyl (C=O) groups excluding carboxylic acids is 1. The number of nitrogens with zero attached hydrogens (tertiary/aromatic N) is 1. The summed E-state index contributed by atoms with van der Waals surface area (Å²) in [4.78, 5) is 13.8. The molecule has 0 saturated carbocycles. The maximum absolute atomic E-state index is 11.6. The number of amides is 1. The Balaban J connectivity index is 2.71. The predicted molar refractivity (Wildman–Crippen MR) is 78.1 cm³/mol. The largest absolute Gasteiger partial charge is 0.372 e. The summed E-state index contributed by atoms with van der Waals surface area (Å²) in [6, 6.07) is 7.94. The topological polar surface area (TPSA) is 32.3 Å². The zero-order valence-electron chi connectivity index (χ0n) is 11.7.